The third-order valence-electron chi connectivity index (χ3n) is 4.57. The van der Waals surface area contributed by atoms with Gasteiger partial charge in [-0.05, 0) is 38.1 Å². The molecular weight excluding hydrogens is 276 g/mol. The van der Waals surface area contributed by atoms with Crippen molar-refractivity contribution in [2.45, 2.75) is 43.8 Å². The predicted molar refractivity (Wildman–Crippen MR) is 80.2 cm³/mol. The lowest BCUT2D eigenvalue weighted by atomic mass is 9.98. The van der Waals surface area contributed by atoms with E-state index >= 15 is 0 Å². The van der Waals surface area contributed by atoms with E-state index < -0.39 is 10.0 Å². The molecule has 2 aliphatic rings. The van der Waals surface area contributed by atoms with Crippen molar-refractivity contribution in [3.8, 4) is 0 Å². The Morgan fingerprint density at radius 3 is 2.40 bits per heavy atom. The van der Waals surface area contributed by atoms with Crippen LogP contribution in [0.3, 0.4) is 0 Å². The summed E-state index contributed by atoms with van der Waals surface area (Å²) in [6, 6.07) is 0. The second kappa shape index (κ2) is 7.73. The third-order valence-corrected chi connectivity index (χ3v) is 6.97. The molecule has 1 saturated heterocycles. The summed E-state index contributed by atoms with van der Waals surface area (Å²) in [6.45, 7) is 3.98. The van der Waals surface area contributed by atoms with Gasteiger partial charge < -0.3 is 10.1 Å². The Hall–Kier alpha value is -0.170. The molecule has 0 bridgehead atoms. The van der Waals surface area contributed by atoms with Gasteiger partial charge in [-0.2, -0.15) is 0 Å². The zero-order chi connectivity index (χ0) is 14.4. The molecule has 1 heterocycles. The van der Waals surface area contributed by atoms with Crippen LogP contribution in [-0.2, 0) is 14.8 Å². The second-order valence-electron chi connectivity index (χ2n) is 5.99. The average molecular weight is 304 g/mol. The van der Waals surface area contributed by atoms with Crippen molar-refractivity contribution in [2.24, 2.45) is 5.92 Å². The van der Waals surface area contributed by atoms with Gasteiger partial charge in [0.1, 0.15) is 0 Å². The SMILES string of the molecule is COCCNCC1CCN(S(=O)(=O)C2CCCC2)CC1. The lowest BCUT2D eigenvalue weighted by Gasteiger charge is -2.33. The predicted octanol–water partition coefficient (Wildman–Crippen LogP) is 1.21. The molecule has 2 fully saturated rings. The van der Waals surface area contributed by atoms with E-state index in [1.165, 1.54) is 0 Å². The van der Waals surface area contributed by atoms with Gasteiger partial charge in [0.2, 0.25) is 10.0 Å². The minimum Gasteiger partial charge on any atom is -0.383 e. The lowest BCUT2D eigenvalue weighted by Crippen LogP contribution is -2.44. The van der Waals surface area contributed by atoms with Crippen molar-refractivity contribution in [3.63, 3.8) is 0 Å². The highest BCUT2D eigenvalue weighted by Gasteiger charge is 2.35. The summed E-state index contributed by atoms with van der Waals surface area (Å²) in [5.41, 5.74) is 0. The number of nitrogens with zero attached hydrogens (tertiary/aromatic N) is 1. The highest BCUT2D eigenvalue weighted by molar-refractivity contribution is 7.89. The van der Waals surface area contributed by atoms with Crippen molar-refractivity contribution in [1.82, 2.24) is 9.62 Å². The summed E-state index contributed by atoms with van der Waals surface area (Å²) in [6.07, 6.45) is 5.83. The number of piperidine rings is 1. The number of hydrogen-bond acceptors (Lipinski definition) is 4. The highest BCUT2D eigenvalue weighted by atomic mass is 32.2. The molecule has 2 rings (SSSR count). The van der Waals surface area contributed by atoms with Crippen LogP contribution in [0.1, 0.15) is 38.5 Å². The van der Waals surface area contributed by atoms with Crippen LogP contribution in [-0.4, -0.2) is 57.9 Å². The molecule has 0 aromatic rings. The molecule has 0 spiro atoms. The summed E-state index contributed by atoms with van der Waals surface area (Å²) < 4.78 is 31.7. The second-order valence-corrected chi connectivity index (χ2v) is 8.20. The van der Waals surface area contributed by atoms with Crippen LogP contribution in [0.4, 0.5) is 0 Å². The van der Waals surface area contributed by atoms with E-state index in [0.29, 0.717) is 19.0 Å². The monoisotopic (exact) mass is 304 g/mol. The van der Waals surface area contributed by atoms with Gasteiger partial charge in [-0.3, -0.25) is 0 Å². The van der Waals surface area contributed by atoms with Crippen molar-refractivity contribution < 1.29 is 13.2 Å². The zero-order valence-corrected chi connectivity index (χ0v) is 13.3. The maximum atomic E-state index is 12.5. The maximum Gasteiger partial charge on any atom is 0.216 e. The Morgan fingerprint density at radius 1 is 1.15 bits per heavy atom. The number of sulfonamides is 1. The van der Waals surface area contributed by atoms with E-state index in [4.69, 9.17) is 4.74 Å². The lowest BCUT2D eigenvalue weighted by molar-refractivity contribution is 0.194. The summed E-state index contributed by atoms with van der Waals surface area (Å²) in [5.74, 6) is 0.599. The van der Waals surface area contributed by atoms with Crippen molar-refractivity contribution >= 4 is 10.0 Å². The van der Waals surface area contributed by atoms with Gasteiger partial charge in [0, 0.05) is 26.7 Å². The zero-order valence-electron chi connectivity index (χ0n) is 12.5. The van der Waals surface area contributed by atoms with Gasteiger partial charge in [-0.15, -0.1) is 0 Å². The van der Waals surface area contributed by atoms with Crippen LogP contribution in [0.5, 0.6) is 0 Å². The van der Waals surface area contributed by atoms with E-state index in [0.717, 1.165) is 58.2 Å². The number of ether oxygens (including phenoxy) is 1. The molecule has 1 aliphatic carbocycles. The molecule has 0 unspecified atom stereocenters. The minimum atomic E-state index is -3.02. The topological polar surface area (TPSA) is 58.6 Å². The van der Waals surface area contributed by atoms with Crippen LogP contribution in [0, 0.1) is 5.92 Å². The highest BCUT2D eigenvalue weighted by Crippen LogP contribution is 2.29. The fourth-order valence-corrected chi connectivity index (χ4v) is 5.32. The van der Waals surface area contributed by atoms with Gasteiger partial charge in [-0.25, -0.2) is 12.7 Å². The smallest absolute Gasteiger partial charge is 0.216 e. The maximum absolute atomic E-state index is 12.5. The third kappa shape index (κ3) is 4.16. The molecule has 0 atom stereocenters. The Labute approximate surface area is 123 Å². The molecule has 20 heavy (non-hydrogen) atoms. The fraction of sp³-hybridized carbons (Fsp3) is 1.00. The Kier molecular flexibility index (Phi) is 6.26. The van der Waals surface area contributed by atoms with Crippen LogP contribution in [0.2, 0.25) is 0 Å². The molecular formula is C14H28N2O3S. The summed E-state index contributed by atoms with van der Waals surface area (Å²) in [4.78, 5) is 0. The molecule has 1 saturated carbocycles. The molecule has 5 nitrogen and oxygen atoms in total. The quantitative estimate of drug-likeness (QED) is 0.718. The standard InChI is InChI=1S/C14H28N2O3S/c1-19-11-8-15-12-13-6-9-16(10-7-13)20(17,18)14-4-2-3-5-14/h13-15H,2-12H2,1H3. The first-order valence-electron chi connectivity index (χ1n) is 7.83. The first-order valence-corrected chi connectivity index (χ1v) is 9.33. The van der Waals surface area contributed by atoms with E-state index in [9.17, 15) is 8.42 Å². The Bertz CT molecular complexity index is 372. The molecule has 0 aromatic heterocycles. The van der Waals surface area contributed by atoms with Crippen molar-refractivity contribution in [1.29, 1.82) is 0 Å². The average Bonchev–Trinajstić information content (AvgIpc) is 2.99. The van der Waals surface area contributed by atoms with E-state index in [-0.39, 0.29) is 5.25 Å². The minimum absolute atomic E-state index is 0.0983. The first-order chi connectivity index (χ1) is 9.64. The molecule has 0 radical (unpaired) electrons. The van der Waals surface area contributed by atoms with E-state index in [1.807, 2.05) is 0 Å². The van der Waals surface area contributed by atoms with Crippen LogP contribution in [0.25, 0.3) is 0 Å². The van der Waals surface area contributed by atoms with Gasteiger partial charge in [-0.1, -0.05) is 12.8 Å². The van der Waals surface area contributed by atoms with Gasteiger partial charge in [0.05, 0.1) is 11.9 Å². The molecule has 1 aliphatic heterocycles. The van der Waals surface area contributed by atoms with Crippen LogP contribution >= 0.6 is 0 Å². The number of hydrogen-bond donors (Lipinski definition) is 1. The van der Waals surface area contributed by atoms with Crippen molar-refractivity contribution in [3.05, 3.63) is 0 Å². The molecule has 118 valence electrons. The Morgan fingerprint density at radius 2 is 1.80 bits per heavy atom. The largest absolute Gasteiger partial charge is 0.383 e. The molecule has 0 amide bonds. The number of methoxy groups -OCH3 is 1. The van der Waals surface area contributed by atoms with E-state index in [2.05, 4.69) is 5.32 Å². The summed E-state index contributed by atoms with van der Waals surface area (Å²) >= 11 is 0. The fourth-order valence-electron chi connectivity index (χ4n) is 3.25. The van der Waals surface area contributed by atoms with Gasteiger partial charge in [0.25, 0.3) is 0 Å². The number of nitrogens with one attached hydrogen (secondary N) is 1. The normalized spacial score (nSPS) is 23.4. The van der Waals surface area contributed by atoms with Gasteiger partial charge >= 0.3 is 0 Å². The molecule has 6 heteroatoms. The van der Waals surface area contributed by atoms with Gasteiger partial charge in [0.15, 0.2) is 0 Å². The Balaban J connectivity index is 1.73. The summed E-state index contributed by atoms with van der Waals surface area (Å²) in [7, 11) is -1.32. The first kappa shape index (κ1) is 16.2. The number of rotatable bonds is 7. The molecule has 1 N–H and O–H groups in total. The van der Waals surface area contributed by atoms with Crippen molar-refractivity contribution in [2.75, 3.05) is 39.9 Å². The van der Waals surface area contributed by atoms with Crippen LogP contribution < -0.4 is 5.32 Å². The summed E-state index contributed by atoms with van der Waals surface area (Å²) in [5, 5.41) is 3.27. The van der Waals surface area contributed by atoms with E-state index in [1.54, 1.807) is 11.4 Å². The molecule has 0 aromatic carbocycles. The van der Waals surface area contributed by atoms with Crippen LogP contribution in [0.15, 0.2) is 0 Å².